The van der Waals surface area contributed by atoms with Crippen molar-refractivity contribution in [2.24, 2.45) is 0 Å². The second-order valence-electron chi connectivity index (χ2n) is 3.15. The topological polar surface area (TPSA) is 100 Å². The Labute approximate surface area is 94.9 Å². The zero-order valence-corrected chi connectivity index (χ0v) is 10.3. The maximum absolute atomic E-state index is 8.52. The summed E-state index contributed by atoms with van der Waals surface area (Å²) in [5, 5.41) is 8.39. The minimum atomic E-state index is -5.17. The Morgan fingerprint density at radius 2 is 1.46 bits per heavy atom. The Morgan fingerprint density at radius 3 is 1.46 bits per heavy atom. The fourth-order valence-electron chi connectivity index (χ4n) is 0.300. The molecule has 0 fully saturated rings. The van der Waals surface area contributed by atoms with Gasteiger partial charge in [0.2, 0.25) is 0 Å². The Hall–Kier alpha value is 0.556. The van der Waals surface area contributed by atoms with E-state index in [0.717, 1.165) is 11.0 Å². The molecule has 13 heavy (non-hydrogen) atoms. The molecule has 1 radical (unpaired) electrons. The van der Waals surface area contributed by atoms with Gasteiger partial charge >= 0.3 is 23.1 Å². The van der Waals surface area contributed by atoms with Crippen molar-refractivity contribution in [2.75, 3.05) is 34.3 Å². The molecule has 0 unspecified atom stereocenters. The molecule has 0 aromatic heterocycles. The summed E-state index contributed by atoms with van der Waals surface area (Å²) in [6.07, 6.45) is 0. The van der Waals surface area contributed by atoms with Gasteiger partial charge in [0.1, 0.15) is 6.54 Å². The van der Waals surface area contributed by atoms with Gasteiger partial charge in [-0.15, -0.1) is 0 Å². The summed E-state index contributed by atoms with van der Waals surface area (Å²) in [6, 6.07) is 0. The molecule has 0 bridgehead atoms. The summed E-state index contributed by atoms with van der Waals surface area (Å²) >= 11 is 0. The molecule has 1 N–H and O–H groups in total. The van der Waals surface area contributed by atoms with Crippen molar-refractivity contribution < 1.29 is 27.1 Å². The number of aliphatic hydroxyl groups excluding tert-OH is 1. The van der Waals surface area contributed by atoms with E-state index >= 15 is 0 Å². The number of likely N-dealkylation sites (N-methyl/N-ethyl adjacent to an activating group) is 1. The molecule has 8 heteroatoms. The Kier molecular flexibility index (Phi) is 11.7. The van der Waals surface area contributed by atoms with Crippen LogP contribution in [0.4, 0.5) is 0 Å². The monoisotopic (exact) mass is 224 g/mol. The van der Waals surface area contributed by atoms with Crippen LogP contribution in [0, 0.1) is 0 Å². The minimum absolute atomic E-state index is 0. The van der Waals surface area contributed by atoms with Crippen LogP contribution in [0.15, 0.2) is 0 Å². The van der Waals surface area contributed by atoms with Crippen LogP contribution < -0.4 is 0 Å². The Bertz CT molecular complexity index is 189. The van der Waals surface area contributed by atoms with Crippen LogP contribution in [0.25, 0.3) is 0 Å². The molecule has 77 valence electrons. The van der Waals surface area contributed by atoms with Crippen LogP contribution in [-0.2, 0) is 10.4 Å². The van der Waals surface area contributed by atoms with Crippen LogP contribution in [0.1, 0.15) is 0 Å². The third-order valence-electron chi connectivity index (χ3n) is 0.771. The number of hydrogen-bond acceptors (Lipinski definition) is 5. The van der Waals surface area contributed by atoms with Gasteiger partial charge in [-0.25, -0.2) is 0 Å². The first-order valence-electron chi connectivity index (χ1n) is 3.14. The van der Waals surface area contributed by atoms with E-state index in [9.17, 15) is 0 Å². The van der Waals surface area contributed by atoms with Crippen molar-refractivity contribution in [3.63, 3.8) is 0 Å². The zero-order valence-electron chi connectivity index (χ0n) is 8.06. The maximum atomic E-state index is 8.52. The van der Waals surface area contributed by atoms with Gasteiger partial charge in [0.15, 0.2) is 0 Å². The van der Waals surface area contributed by atoms with E-state index < -0.39 is 10.4 Å². The van der Waals surface area contributed by atoms with E-state index in [2.05, 4.69) is 21.1 Å². The van der Waals surface area contributed by atoms with E-state index in [-0.39, 0.29) is 29.7 Å². The van der Waals surface area contributed by atoms with E-state index in [1.807, 2.05) is 0 Å². The van der Waals surface area contributed by atoms with Gasteiger partial charge in [-0.05, 0) is 0 Å². The molecule has 0 rings (SSSR count). The van der Waals surface area contributed by atoms with Gasteiger partial charge in [-0.3, -0.25) is 8.42 Å². The second-order valence-corrected chi connectivity index (χ2v) is 3.96. The number of quaternary nitrogens is 1. The van der Waals surface area contributed by atoms with Gasteiger partial charge in [0.05, 0.1) is 27.7 Å². The summed E-state index contributed by atoms with van der Waals surface area (Å²) in [5.41, 5.74) is 0. The van der Waals surface area contributed by atoms with Crippen molar-refractivity contribution in [1.29, 1.82) is 0 Å². The molecule has 0 heterocycles. The van der Waals surface area contributed by atoms with Crippen LogP contribution >= 0.6 is 0 Å². The maximum Gasteiger partial charge on any atom is 1.00 e. The van der Waals surface area contributed by atoms with Crippen LogP contribution in [-0.4, -0.2) is 84.5 Å². The van der Waals surface area contributed by atoms with Gasteiger partial charge in [-0.1, -0.05) is 0 Å². The standard InChI is InChI=1S/C5H14NO.Mg.H2O4S/c1-6(2,3)4-5-7;;1-5(2,3)4/h7H,4-5H2,1-3H3;;(H2,1,2,3,4)/q2*+1;/p-2. The van der Waals surface area contributed by atoms with E-state index in [1.54, 1.807) is 0 Å². The van der Waals surface area contributed by atoms with Crippen molar-refractivity contribution in [2.45, 2.75) is 0 Å². The summed E-state index contributed by atoms with van der Waals surface area (Å²) in [4.78, 5) is 0. The number of rotatable bonds is 2. The van der Waals surface area contributed by atoms with Crippen molar-refractivity contribution in [3.8, 4) is 0 Å². The fraction of sp³-hybridized carbons (Fsp3) is 1.00. The van der Waals surface area contributed by atoms with Crippen molar-refractivity contribution in [3.05, 3.63) is 0 Å². The molecule has 0 aliphatic rings. The Morgan fingerprint density at radius 1 is 1.23 bits per heavy atom. The predicted octanol–water partition coefficient (Wildman–Crippen LogP) is -2.03. The average Bonchev–Trinajstić information content (AvgIpc) is 1.54. The first kappa shape index (κ1) is 19.2. The molecule has 0 amide bonds. The molecule has 0 aliphatic heterocycles. The Balaban J connectivity index is -0.000000150. The summed E-state index contributed by atoms with van der Waals surface area (Å²) < 4.78 is 34.9. The molecule has 0 aromatic rings. The normalized spacial score (nSPS) is 10.9. The second kappa shape index (κ2) is 7.91. The van der Waals surface area contributed by atoms with Crippen LogP contribution in [0.5, 0.6) is 0 Å². The number of hydrogen-bond donors (Lipinski definition) is 1. The largest absolute Gasteiger partial charge is 1.00 e. The van der Waals surface area contributed by atoms with Gasteiger partial charge in [-0.2, -0.15) is 0 Å². The third-order valence-corrected chi connectivity index (χ3v) is 0.771. The summed E-state index contributed by atoms with van der Waals surface area (Å²) in [6.45, 7) is 1.11. The SMILES string of the molecule is C[N+](C)(C)CCO.O=S(=O)([O-])[O-].[Mg+]. The van der Waals surface area contributed by atoms with Crippen LogP contribution in [0.2, 0.25) is 0 Å². The molecule has 6 nitrogen and oxygen atoms in total. The third kappa shape index (κ3) is 67.4. The van der Waals surface area contributed by atoms with Crippen molar-refractivity contribution >= 4 is 33.5 Å². The van der Waals surface area contributed by atoms with Crippen molar-refractivity contribution in [1.82, 2.24) is 0 Å². The molecule has 0 saturated carbocycles. The van der Waals surface area contributed by atoms with E-state index in [0.29, 0.717) is 0 Å². The van der Waals surface area contributed by atoms with E-state index in [1.165, 1.54) is 0 Å². The quantitative estimate of drug-likeness (QED) is 0.252. The van der Waals surface area contributed by atoms with Crippen LogP contribution in [0.3, 0.4) is 0 Å². The zero-order chi connectivity index (χ0) is 10.4. The number of nitrogens with zero attached hydrogens (tertiary/aromatic N) is 1. The molecular weight excluding hydrogens is 210 g/mol. The predicted molar refractivity (Wildman–Crippen MR) is 46.2 cm³/mol. The summed E-state index contributed by atoms with van der Waals surface area (Å²) in [7, 11) is 0.989. The molecule has 0 atom stereocenters. The molecular formula is C5H14MgNO5S. The first-order chi connectivity index (χ1) is 5.06. The van der Waals surface area contributed by atoms with Gasteiger partial charge in [0.25, 0.3) is 0 Å². The molecule has 0 saturated heterocycles. The molecule has 0 aliphatic carbocycles. The minimum Gasteiger partial charge on any atom is -0.759 e. The fourth-order valence-corrected chi connectivity index (χ4v) is 0.300. The van der Waals surface area contributed by atoms with E-state index in [4.69, 9.17) is 22.6 Å². The average molecular weight is 225 g/mol. The first-order valence-corrected chi connectivity index (χ1v) is 4.47. The summed E-state index contributed by atoms with van der Waals surface area (Å²) in [5.74, 6) is 0. The molecule has 0 spiro atoms. The van der Waals surface area contributed by atoms with Gasteiger partial charge < -0.3 is 18.7 Å². The number of aliphatic hydroxyl groups is 1. The van der Waals surface area contributed by atoms with Gasteiger partial charge in [0, 0.05) is 10.4 Å². The smallest absolute Gasteiger partial charge is 0.759 e. The molecule has 0 aromatic carbocycles.